The molecule has 0 aliphatic carbocycles. The zero-order valence-electron chi connectivity index (χ0n) is 17.8. The van der Waals surface area contributed by atoms with Crippen LogP contribution in [0.4, 0.5) is 10.5 Å². The fourth-order valence-electron chi connectivity index (χ4n) is 4.49. The third-order valence-electron chi connectivity index (χ3n) is 5.60. The number of hydrogen-bond donors (Lipinski definition) is 1. The number of aliphatic hydroxyl groups excluding tert-OH is 1. The molecule has 4 rings (SSSR count). The number of amides is 1. The van der Waals surface area contributed by atoms with Crippen LogP contribution in [0, 0.1) is 11.3 Å². The van der Waals surface area contributed by atoms with Crippen LogP contribution in [0.2, 0.25) is 0 Å². The molecule has 0 unspecified atom stereocenters. The molecule has 3 saturated heterocycles. The van der Waals surface area contributed by atoms with Gasteiger partial charge in [-0.3, -0.25) is 0 Å². The number of piperidine rings is 1. The molecular formula is C22H34N2O3S. The van der Waals surface area contributed by atoms with Crippen LogP contribution in [-0.2, 0) is 4.74 Å². The number of ether oxygens (including phenoxy) is 1. The van der Waals surface area contributed by atoms with Crippen LogP contribution in [0.5, 0.6) is 0 Å². The summed E-state index contributed by atoms with van der Waals surface area (Å²) in [5, 5.41) is 9.02. The molecule has 6 heteroatoms. The van der Waals surface area contributed by atoms with Crippen molar-refractivity contribution >= 4 is 23.5 Å². The van der Waals surface area contributed by atoms with E-state index in [0.717, 1.165) is 19.5 Å². The molecule has 28 heavy (non-hydrogen) atoms. The van der Waals surface area contributed by atoms with Gasteiger partial charge in [0.05, 0.1) is 12.6 Å². The first-order valence-corrected chi connectivity index (χ1v) is 11.2. The highest BCUT2D eigenvalue weighted by Crippen LogP contribution is 2.43. The Kier molecular flexibility index (Phi) is 6.20. The van der Waals surface area contributed by atoms with E-state index in [9.17, 15) is 4.79 Å². The van der Waals surface area contributed by atoms with E-state index in [4.69, 9.17) is 9.84 Å². The number of nitrogens with zero attached hydrogens (tertiary/aromatic N) is 2. The summed E-state index contributed by atoms with van der Waals surface area (Å²) in [5.74, 6) is 1.15. The van der Waals surface area contributed by atoms with Crippen molar-refractivity contribution in [1.82, 2.24) is 4.90 Å². The van der Waals surface area contributed by atoms with E-state index in [-0.39, 0.29) is 24.2 Å². The standard InChI is InChI=1S/C22H34N2O3S/c1-21(2,3)27-20(26)23-13-16-12-22(4,5)19(15-23)24(14-16)17-6-8-18(9-7-17)28-11-10-25/h6-9,16,19,25H,10-15H2,1-5H3/t16-,19-/m1/s1. The molecule has 1 N–H and O–H groups in total. The minimum Gasteiger partial charge on any atom is -0.444 e. The summed E-state index contributed by atoms with van der Waals surface area (Å²) in [4.78, 5) is 18.3. The van der Waals surface area contributed by atoms with Gasteiger partial charge in [0.15, 0.2) is 0 Å². The van der Waals surface area contributed by atoms with Gasteiger partial charge in [0, 0.05) is 36.0 Å². The van der Waals surface area contributed by atoms with Gasteiger partial charge in [0.1, 0.15) is 5.60 Å². The van der Waals surface area contributed by atoms with Gasteiger partial charge in [0.25, 0.3) is 0 Å². The summed E-state index contributed by atoms with van der Waals surface area (Å²) in [5.41, 5.74) is 0.867. The third-order valence-corrected chi connectivity index (χ3v) is 6.59. The van der Waals surface area contributed by atoms with Crippen molar-refractivity contribution in [3.63, 3.8) is 0 Å². The van der Waals surface area contributed by atoms with E-state index in [1.807, 2.05) is 25.7 Å². The van der Waals surface area contributed by atoms with Crippen molar-refractivity contribution in [1.29, 1.82) is 0 Å². The van der Waals surface area contributed by atoms with Crippen LogP contribution in [0.15, 0.2) is 29.2 Å². The molecule has 0 radical (unpaired) electrons. The Balaban J connectivity index is 1.80. The zero-order chi connectivity index (χ0) is 20.5. The zero-order valence-corrected chi connectivity index (χ0v) is 18.6. The maximum Gasteiger partial charge on any atom is 0.410 e. The largest absolute Gasteiger partial charge is 0.444 e. The molecule has 3 aliphatic heterocycles. The maximum atomic E-state index is 12.7. The fourth-order valence-corrected chi connectivity index (χ4v) is 5.15. The number of aliphatic hydroxyl groups is 1. The summed E-state index contributed by atoms with van der Waals surface area (Å²) in [7, 11) is 0. The van der Waals surface area contributed by atoms with E-state index in [2.05, 4.69) is 43.0 Å². The summed E-state index contributed by atoms with van der Waals surface area (Å²) in [6, 6.07) is 8.87. The lowest BCUT2D eigenvalue weighted by atomic mass is 9.73. The van der Waals surface area contributed by atoms with Crippen molar-refractivity contribution in [2.45, 2.75) is 57.6 Å². The first-order valence-electron chi connectivity index (χ1n) is 10.2. The minimum atomic E-state index is -0.473. The topological polar surface area (TPSA) is 53.0 Å². The first kappa shape index (κ1) is 21.3. The summed E-state index contributed by atoms with van der Waals surface area (Å²) >= 11 is 1.67. The highest BCUT2D eigenvalue weighted by atomic mass is 32.2. The Bertz CT molecular complexity index is 684. The van der Waals surface area contributed by atoms with Gasteiger partial charge < -0.3 is 19.6 Å². The third kappa shape index (κ3) is 4.95. The Morgan fingerprint density at radius 3 is 2.50 bits per heavy atom. The van der Waals surface area contributed by atoms with E-state index in [0.29, 0.717) is 18.2 Å². The molecule has 3 aliphatic rings. The number of carbonyl (C=O) groups is 1. The minimum absolute atomic E-state index is 0.129. The van der Waals surface area contributed by atoms with Crippen molar-refractivity contribution in [3.05, 3.63) is 24.3 Å². The van der Waals surface area contributed by atoms with Crippen molar-refractivity contribution < 1.29 is 14.6 Å². The van der Waals surface area contributed by atoms with Crippen molar-refractivity contribution in [2.24, 2.45) is 11.3 Å². The molecule has 156 valence electrons. The van der Waals surface area contributed by atoms with Gasteiger partial charge in [0.2, 0.25) is 0 Å². The Morgan fingerprint density at radius 1 is 1.21 bits per heavy atom. The number of thioether (sulfide) groups is 1. The second-order valence-electron chi connectivity index (χ2n) is 9.68. The highest BCUT2D eigenvalue weighted by Gasteiger charge is 2.47. The fraction of sp³-hybridized carbons (Fsp3) is 0.682. The molecule has 0 aromatic heterocycles. The quantitative estimate of drug-likeness (QED) is 0.758. The molecule has 1 aromatic rings. The molecule has 3 heterocycles. The molecule has 3 fully saturated rings. The van der Waals surface area contributed by atoms with Crippen molar-refractivity contribution in [2.75, 3.05) is 36.9 Å². The maximum absolute atomic E-state index is 12.7. The van der Waals surface area contributed by atoms with Gasteiger partial charge in [-0.25, -0.2) is 4.79 Å². The lowest BCUT2D eigenvalue weighted by Crippen LogP contribution is -2.54. The number of fused-ring (bicyclic) bond motifs is 4. The molecule has 2 bridgehead atoms. The molecule has 1 amide bonds. The van der Waals surface area contributed by atoms with Crippen LogP contribution < -0.4 is 4.90 Å². The monoisotopic (exact) mass is 406 g/mol. The summed E-state index contributed by atoms with van der Waals surface area (Å²) in [6.07, 6.45) is 0.926. The average Bonchev–Trinajstić information content (AvgIpc) is 2.86. The SMILES string of the molecule is CC(C)(C)OC(=O)N1C[C@@H]2CN(c3ccc(SCCO)cc3)[C@H](C1)C(C)(C)C2. The smallest absolute Gasteiger partial charge is 0.410 e. The van der Waals surface area contributed by atoms with Crippen LogP contribution in [-0.4, -0.2) is 59.7 Å². The average molecular weight is 407 g/mol. The van der Waals surface area contributed by atoms with Gasteiger partial charge >= 0.3 is 6.09 Å². The van der Waals surface area contributed by atoms with Gasteiger partial charge in [-0.1, -0.05) is 13.8 Å². The summed E-state index contributed by atoms with van der Waals surface area (Å²) in [6.45, 7) is 13.0. The van der Waals surface area contributed by atoms with Crippen LogP contribution >= 0.6 is 11.8 Å². The second kappa shape index (κ2) is 8.15. The predicted molar refractivity (Wildman–Crippen MR) is 115 cm³/mol. The van der Waals surface area contributed by atoms with Crippen LogP contribution in [0.25, 0.3) is 0 Å². The normalized spacial score (nSPS) is 24.2. The van der Waals surface area contributed by atoms with E-state index >= 15 is 0 Å². The number of rotatable bonds is 4. The Labute approximate surface area is 173 Å². The lowest BCUT2D eigenvalue weighted by Gasteiger charge is -2.48. The molecule has 1 aromatic carbocycles. The Morgan fingerprint density at radius 2 is 1.89 bits per heavy atom. The van der Waals surface area contributed by atoms with Gasteiger partial charge in [-0.2, -0.15) is 0 Å². The number of carbonyl (C=O) groups excluding carboxylic acids is 1. The van der Waals surface area contributed by atoms with Crippen LogP contribution in [0.1, 0.15) is 41.0 Å². The number of benzene rings is 1. The highest BCUT2D eigenvalue weighted by molar-refractivity contribution is 7.99. The molecule has 2 atom stereocenters. The summed E-state index contributed by atoms with van der Waals surface area (Å²) < 4.78 is 5.66. The second-order valence-corrected chi connectivity index (χ2v) is 10.8. The lowest BCUT2D eigenvalue weighted by molar-refractivity contribution is 0.0240. The molecule has 5 nitrogen and oxygen atoms in total. The number of hydrogen-bond acceptors (Lipinski definition) is 5. The van der Waals surface area contributed by atoms with Crippen LogP contribution in [0.3, 0.4) is 0 Å². The predicted octanol–water partition coefficient (Wildman–Crippen LogP) is 4.24. The number of anilines is 1. The van der Waals surface area contributed by atoms with E-state index < -0.39 is 5.60 Å². The van der Waals surface area contributed by atoms with Gasteiger partial charge in [-0.15, -0.1) is 11.8 Å². The molecule has 0 spiro atoms. The van der Waals surface area contributed by atoms with Crippen molar-refractivity contribution in [3.8, 4) is 0 Å². The molecular weight excluding hydrogens is 372 g/mol. The van der Waals surface area contributed by atoms with E-state index in [1.165, 1.54) is 10.6 Å². The molecule has 0 saturated carbocycles. The first-order chi connectivity index (χ1) is 13.1. The van der Waals surface area contributed by atoms with Gasteiger partial charge in [-0.05, 0) is 62.8 Å². The Hall–Kier alpha value is -1.40. The van der Waals surface area contributed by atoms with E-state index in [1.54, 1.807) is 11.8 Å².